The molecule has 1 N–H and O–H groups in total. The molecular formula is C23H26F3N3O3S. The average molecular weight is 482 g/mol. The fourth-order valence-corrected chi connectivity index (χ4v) is 5.65. The molecule has 1 aliphatic carbocycles. The first-order valence-corrected chi connectivity index (χ1v) is 12.3. The zero-order chi connectivity index (χ0) is 23.8. The molecule has 33 heavy (non-hydrogen) atoms. The molecule has 4 rings (SSSR count). The third-order valence-electron chi connectivity index (χ3n) is 6.31. The molecule has 2 aromatic carbocycles. The summed E-state index contributed by atoms with van der Waals surface area (Å²) < 4.78 is 65.7. The Morgan fingerprint density at radius 3 is 2.33 bits per heavy atom. The zero-order valence-corrected chi connectivity index (χ0v) is 19.0. The zero-order valence-electron chi connectivity index (χ0n) is 18.2. The van der Waals surface area contributed by atoms with E-state index in [2.05, 4.69) is 10.2 Å². The number of anilines is 1. The molecule has 2 fully saturated rings. The molecule has 1 amide bonds. The van der Waals surface area contributed by atoms with Crippen LogP contribution in [0.15, 0.2) is 53.4 Å². The van der Waals surface area contributed by atoms with Crippen molar-refractivity contribution in [3.8, 4) is 0 Å². The number of likely N-dealkylation sites (N-methyl/N-ethyl adjacent to an activating group) is 1. The highest BCUT2D eigenvalue weighted by Gasteiger charge is 2.44. The summed E-state index contributed by atoms with van der Waals surface area (Å²) in [6.07, 6.45) is -3.86. The molecule has 0 bridgehead atoms. The summed E-state index contributed by atoms with van der Waals surface area (Å²) >= 11 is 0. The molecule has 2 unspecified atom stereocenters. The van der Waals surface area contributed by atoms with Gasteiger partial charge in [-0.3, -0.25) is 4.79 Å². The van der Waals surface area contributed by atoms with Gasteiger partial charge in [0.05, 0.1) is 10.5 Å². The third-order valence-corrected chi connectivity index (χ3v) is 8.21. The van der Waals surface area contributed by atoms with Crippen LogP contribution in [-0.2, 0) is 21.0 Å². The second kappa shape index (κ2) is 9.08. The molecule has 0 spiro atoms. The van der Waals surface area contributed by atoms with E-state index in [1.54, 1.807) is 12.1 Å². The number of piperazine rings is 1. The Morgan fingerprint density at radius 2 is 1.73 bits per heavy atom. The molecule has 178 valence electrons. The van der Waals surface area contributed by atoms with E-state index in [-0.39, 0.29) is 22.6 Å². The van der Waals surface area contributed by atoms with E-state index in [1.165, 1.54) is 28.6 Å². The number of benzene rings is 2. The first-order chi connectivity index (χ1) is 15.6. The SMILES string of the molecule is CCN1CCN(S(=O)(=O)c2cccc(NC(=O)C3CC3c3ccc(C(F)(F)F)cc3)c2)CC1. The van der Waals surface area contributed by atoms with Crippen molar-refractivity contribution in [2.24, 2.45) is 5.92 Å². The Kier molecular flexibility index (Phi) is 6.52. The van der Waals surface area contributed by atoms with Gasteiger partial charge < -0.3 is 10.2 Å². The van der Waals surface area contributed by atoms with Crippen LogP contribution in [0.5, 0.6) is 0 Å². The van der Waals surface area contributed by atoms with Crippen molar-refractivity contribution in [3.05, 3.63) is 59.7 Å². The molecule has 2 aliphatic rings. The van der Waals surface area contributed by atoms with Crippen LogP contribution in [-0.4, -0.2) is 56.3 Å². The first-order valence-electron chi connectivity index (χ1n) is 10.9. The maximum atomic E-state index is 13.0. The Labute approximate surface area is 191 Å². The van der Waals surface area contributed by atoms with Crippen LogP contribution in [0.2, 0.25) is 0 Å². The highest BCUT2D eigenvalue weighted by Crippen LogP contribution is 2.48. The Balaban J connectivity index is 1.39. The van der Waals surface area contributed by atoms with Crippen molar-refractivity contribution in [3.63, 3.8) is 0 Å². The largest absolute Gasteiger partial charge is 0.416 e. The number of hydrogen-bond donors (Lipinski definition) is 1. The second-order valence-corrected chi connectivity index (χ2v) is 10.4. The fraction of sp³-hybridized carbons (Fsp3) is 0.435. The van der Waals surface area contributed by atoms with E-state index >= 15 is 0 Å². The van der Waals surface area contributed by atoms with E-state index in [0.717, 1.165) is 18.7 Å². The lowest BCUT2D eigenvalue weighted by Gasteiger charge is -2.33. The summed E-state index contributed by atoms with van der Waals surface area (Å²) in [5.41, 5.74) is 0.346. The first kappa shape index (κ1) is 23.7. The average Bonchev–Trinajstić information content (AvgIpc) is 3.60. The minimum absolute atomic E-state index is 0.125. The molecule has 1 aliphatic heterocycles. The van der Waals surface area contributed by atoms with Gasteiger partial charge in [0.15, 0.2) is 0 Å². The van der Waals surface area contributed by atoms with E-state index in [1.807, 2.05) is 6.92 Å². The van der Waals surface area contributed by atoms with Crippen LogP contribution in [0.3, 0.4) is 0 Å². The van der Waals surface area contributed by atoms with Gasteiger partial charge in [0.2, 0.25) is 15.9 Å². The maximum Gasteiger partial charge on any atom is 0.416 e. The predicted molar refractivity (Wildman–Crippen MR) is 118 cm³/mol. The van der Waals surface area contributed by atoms with Crippen LogP contribution >= 0.6 is 0 Å². The molecule has 1 heterocycles. The molecule has 0 aromatic heterocycles. The third kappa shape index (κ3) is 5.23. The van der Waals surface area contributed by atoms with Gasteiger partial charge in [-0.1, -0.05) is 25.1 Å². The molecule has 6 nitrogen and oxygen atoms in total. The number of sulfonamides is 1. The highest BCUT2D eigenvalue weighted by molar-refractivity contribution is 7.89. The standard InChI is InChI=1S/C23H26F3N3O3S/c1-2-28-10-12-29(13-11-28)33(31,32)19-5-3-4-18(14-19)27-22(30)21-15-20(21)16-6-8-17(9-7-16)23(24,25)26/h3-9,14,20-21H,2,10-13,15H2,1H3,(H,27,30). The van der Waals surface area contributed by atoms with Gasteiger partial charge in [-0.05, 0) is 54.8 Å². The van der Waals surface area contributed by atoms with Crippen molar-refractivity contribution in [2.75, 3.05) is 38.0 Å². The minimum atomic E-state index is -4.40. The second-order valence-electron chi connectivity index (χ2n) is 8.42. The van der Waals surface area contributed by atoms with Crippen molar-refractivity contribution in [2.45, 2.75) is 30.3 Å². The highest BCUT2D eigenvalue weighted by atomic mass is 32.2. The summed E-state index contributed by atoms with van der Waals surface area (Å²) in [5.74, 6) is -0.774. The number of amides is 1. The quantitative estimate of drug-likeness (QED) is 0.682. The van der Waals surface area contributed by atoms with Crippen LogP contribution in [0.4, 0.5) is 18.9 Å². The van der Waals surface area contributed by atoms with Crippen molar-refractivity contribution < 1.29 is 26.4 Å². The number of rotatable bonds is 6. The Bertz CT molecular complexity index is 1110. The number of carbonyl (C=O) groups is 1. The molecule has 2 atom stereocenters. The summed E-state index contributed by atoms with van der Waals surface area (Å²) in [6.45, 7) is 5.12. The number of nitrogens with one attached hydrogen (secondary N) is 1. The molecule has 1 saturated carbocycles. The van der Waals surface area contributed by atoms with Gasteiger partial charge in [0.25, 0.3) is 0 Å². The molecule has 0 radical (unpaired) electrons. The summed E-state index contributed by atoms with van der Waals surface area (Å²) in [4.78, 5) is 15.0. The van der Waals surface area contributed by atoms with Crippen molar-refractivity contribution in [1.82, 2.24) is 9.21 Å². The van der Waals surface area contributed by atoms with E-state index in [0.29, 0.717) is 43.9 Å². The van der Waals surface area contributed by atoms with E-state index in [9.17, 15) is 26.4 Å². The summed E-state index contributed by atoms with van der Waals surface area (Å²) in [5, 5.41) is 2.76. The van der Waals surface area contributed by atoms with Gasteiger partial charge in [-0.2, -0.15) is 17.5 Å². The number of hydrogen-bond acceptors (Lipinski definition) is 4. The van der Waals surface area contributed by atoms with Crippen LogP contribution < -0.4 is 5.32 Å². The van der Waals surface area contributed by atoms with Gasteiger partial charge in [0, 0.05) is 37.8 Å². The minimum Gasteiger partial charge on any atom is -0.326 e. The Hall–Kier alpha value is -2.43. The lowest BCUT2D eigenvalue weighted by Crippen LogP contribution is -2.48. The van der Waals surface area contributed by atoms with Crippen molar-refractivity contribution in [1.29, 1.82) is 0 Å². The van der Waals surface area contributed by atoms with Gasteiger partial charge in [-0.25, -0.2) is 8.42 Å². The summed E-state index contributed by atoms with van der Waals surface area (Å²) in [6, 6.07) is 11.0. The molecular weight excluding hydrogens is 455 g/mol. The smallest absolute Gasteiger partial charge is 0.326 e. The lowest BCUT2D eigenvalue weighted by atomic mass is 10.1. The Morgan fingerprint density at radius 1 is 1.06 bits per heavy atom. The van der Waals surface area contributed by atoms with Crippen LogP contribution in [0.1, 0.15) is 30.4 Å². The predicted octanol–water partition coefficient (Wildman–Crippen LogP) is 3.77. The van der Waals surface area contributed by atoms with E-state index < -0.39 is 21.8 Å². The molecule has 10 heteroatoms. The maximum absolute atomic E-state index is 13.0. The summed E-state index contributed by atoms with van der Waals surface area (Å²) in [7, 11) is -3.66. The number of halogens is 3. The van der Waals surface area contributed by atoms with Gasteiger partial charge >= 0.3 is 6.18 Å². The molecule has 1 saturated heterocycles. The monoisotopic (exact) mass is 481 g/mol. The van der Waals surface area contributed by atoms with Crippen LogP contribution in [0.25, 0.3) is 0 Å². The lowest BCUT2D eigenvalue weighted by molar-refractivity contribution is -0.137. The number of carbonyl (C=O) groups excluding carboxylic acids is 1. The van der Waals surface area contributed by atoms with Crippen LogP contribution in [0, 0.1) is 5.92 Å². The van der Waals surface area contributed by atoms with E-state index in [4.69, 9.17) is 0 Å². The van der Waals surface area contributed by atoms with Gasteiger partial charge in [0.1, 0.15) is 0 Å². The normalized spacial score (nSPS) is 22.2. The van der Waals surface area contributed by atoms with Gasteiger partial charge in [-0.15, -0.1) is 0 Å². The fourth-order valence-electron chi connectivity index (χ4n) is 4.18. The van der Waals surface area contributed by atoms with Crippen molar-refractivity contribution >= 4 is 21.6 Å². The topological polar surface area (TPSA) is 69.7 Å². The number of alkyl halides is 3. The molecule has 2 aromatic rings. The number of nitrogens with zero attached hydrogens (tertiary/aromatic N) is 2.